The monoisotopic (exact) mass is 197 g/mol. The van der Waals surface area contributed by atoms with Gasteiger partial charge >= 0.3 is 0 Å². The highest BCUT2D eigenvalue weighted by Crippen LogP contribution is 2.07. The Morgan fingerprint density at radius 2 is 1.93 bits per heavy atom. The average Bonchev–Trinajstić information content (AvgIpc) is 2.21. The van der Waals surface area contributed by atoms with E-state index in [1.165, 1.54) is 12.1 Å². The summed E-state index contributed by atoms with van der Waals surface area (Å²) in [7, 11) is 0. The molecule has 0 spiro atoms. The number of hydrogen-bond acceptors (Lipinski definition) is 2. The quantitative estimate of drug-likeness (QED) is 0.750. The summed E-state index contributed by atoms with van der Waals surface area (Å²) in [6, 6.07) is 6.44. The molecule has 14 heavy (non-hydrogen) atoms. The molecule has 0 amide bonds. The number of benzene rings is 1. The van der Waals surface area contributed by atoms with Crippen LogP contribution in [0.4, 0.5) is 4.39 Å². The maximum atomic E-state index is 12.5. The SMILES string of the molecule is NCC(O)CCCc1ccc(F)cc1. The van der Waals surface area contributed by atoms with Crippen molar-refractivity contribution >= 4 is 0 Å². The van der Waals surface area contributed by atoms with Crippen LogP contribution in [0.2, 0.25) is 0 Å². The lowest BCUT2D eigenvalue weighted by Gasteiger charge is -2.06. The minimum atomic E-state index is -0.407. The Hall–Kier alpha value is -0.930. The van der Waals surface area contributed by atoms with Gasteiger partial charge in [-0.3, -0.25) is 0 Å². The lowest BCUT2D eigenvalue weighted by molar-refractivity contribution is 0.170. The summed E-state index contributed by atoms with van der Waals surface area (Å²) in [4.78, 5) is 0. The number of aryl methyl sites for hydroxylation is 1. The Morgan fingerprint density at radius 1 is 1.29 bits per heavy atom. The molecule has 0 saturated carbocycles. The van der Waals surface area contributed by atoms with Crippen LogP contribution in [-0.2, 0) is 6.42 Å². The maximum absolute atomic E-state index is 12.5. The zero-order valence-electron chi connectivity index (χ0n) is 8.12. The summed E-state index contributed by atoms with van der Waals surface area (Å²) < 4.78 is 12.5. The molecule has 0 radical (unpaired) electrons. The van der Waals surface area contributed by atoms with E-state index in [2.05, 4.69) is 0 Å². The topological polar surface area (TPSA) is 46.2 Å². The first-order valence-corrected chi connectivity index (χ1v) is 4.85. The first kappa shape index (κ1) is 11.1. The van der Waals surface area contributed by atoms with Gasteiger partial charge in [-0.25, -0.2) is 4.39 Å². The van der Waals surface area contributed by atoms with Gasteiger partial charge in [0.15, 0.2) is 0 Å². The van der Waals surface area contributed by atoms with Crippen molar-refractivity contribution in [3.8, 4) is 0 Å². The van der Waals surface area contributed by atoms with Crippen molar-refractivity contribution in [1.82, 2.24) is 0 Å². The molecule has 0 saturated heterocycles. The molecule has 0 bridgehead atoms. The van der Waals surface area contributed by atoms with Crippen molar-refractivity contribution in [2.45, 2.75) is 25.4 Å². The van der Waals surface area contributed by atoms with Crippen LogP contribution in [0.5, 0.6) is 0 Å². The largest absolute Gasteiger partial charge is 0.392 e. The van der Waals surface area contributed by atoms with Gasteiger partial charge in [-0.1, -0.05) is 12.1 Å². The van der Waals surface area contributed by atoms with Crippen LogP contribution in [0, 0.1) is 5.82 Å². The second-order valence-corrected chi connectivity index (χ2v) is 3.41. The molecule has 2 nitrogen and oxygen atoms in total. The van der Waals surface area contributed by atoms with E-state index in [4.69, 9.17) is 5.73 Å². The summed E-state index contributed by atoms with van der Waals surface area (Å²) in [5.74, 6) is -0.212. The van der Waals surface area contributed by atoms with E-state index in [1.54, 1.807) is 12.1 Å². The van der Waals surface area contributed by atoms with Crippen LogP contribution >= 0.6 is 0 Å². The molecule has 1 aromatic carbocycles. The summed E-state index contributed by atoms with van der Waals surface area (Å²) in [6.07, 6.45) is 2.03. The van der Waals surface area contributed by atoms with E-state index in [-0.39, 0.29) is 5.82 Å². The molecule has 1 aromatic rings. The second kappa shape index (κ2) is 5.73. The third-order valence-electron chi connectivity index (χ3n) is 2.19. The summed E-state index contributed by atoms with van der Waals surface area (Å²) >= 11 is 0. The number of rotatable bonds is 5. The van der Waals surface area contributed by atoms with Crippen LogP contribution < -0.4 is 5.73 Å². The average molecular weight is 197 g/mol. The number of nitrogens with two attached hydrogens (primary N) is 1. The number of aliphatic hydroxyl groups is 1. The molecule has 78 valence electrons. The zero-order valence-corrected chi connectivity index (χ0v) is 8.12. The number of hydrogen-bond donors (Lipinski definition) is 2. The van der Waals surface area contributed by atoms with E-state index < -0.39 is 6.10 Å². The summed E-state index contributed by atoms with van der Waals surface area (Å²) in [5, 5.41) is 9.20. The predicted octanol–water partition coefficient (Wildman–Crippen LogP) is 1.47. The lowest BCUT2D eigenvalue weighted by Crippen LogP contribution is -2.19. The molecule has 0 aliphatic carbocycles. The van der Waals surface area contributed by atoms with Crippen molar-refractivity contribution in [3.05, 3.63) is 35.6 Å². The van der Waals surface area contributed by atoms with Crippen LogP contribution in [0.25, 0.3) is 0 Å². The molecule has 0 aromatic heterocycles. The number of aliphatic hydroxyl groups excluding tert-OH is 1. The van der Waals surface area contributed by atoms with Crippen molar-refractivity contribution in [1.29, 1.82) is 0 Å². The predicted molar refractivity (Wildman–Crippen MR) is 54.4 cm³/mol. The highest BCUT2D eigenvalue weighted by atomic mass is 19.1. The van der Waals surface area contributed by atoms with Crippen molar-refractivity contribution < 1.29 is 9.50 Å². The van der Waals surface area contributed by atoms with Crippen molar-refractivity contribution in [2.75, 3.05) is 6.54 Å². The Morgan fingerprint density at radius 3 is 2.50 bits per heavy atom. The zero-order chi connectivity index (χ0) is 10.4. The fourth-order valence-electron chi connectivity index (χ4n) is 1.31. The van der Waals surface area contributed by atoms with Crippen LogP contribution in [-0.4, -0.2) is 17.8 Å². The van der Waals surface area contributed by atoms with Gasteiger partial charge in [0.2, 0.25) is 0 Å². The molecular weight excluding hydrogens is 181 g/mol. The third-order valence-corrected chi connectivity index (χ3v) is 2.19. The maximum Gasteiger partial charge on any atom is 0.123 e. The fraction of sp³-hybridized carbons (Fsp3) is 0.455. The Bertz CT molecular complexity index is 260. The van der Waals surface area contributed by atoms with Crippen molar-refractivity contribution in [3.63, 3.8) is 0 Å². The molecular formula is C11H16FNO. The molecule has 1 atom stereocenters. The Labute approximate surface area is 83.6 Å². The highest BCUT2D eigenvalue weighted by molar-refractivity contribution is 5.15. The van der Waals surface area contributed by atoms with E-state index in [1.807, 2.05) is 0 Å². The van der Waals surface area contributed by atoms with E-state index in [0.717, 1.165) is 18.4 Å². The molecule has 0 aliphatic rings. The van der Waals surface area contributed by atoms with E-state index in [0.29, 0.717) is 13.0 Å². The first-order valence-electron chi connectivity index (χ1n) is 4.85. The minimum Gasteiger partial charge on any atom is -0.392 e. The van der Waals surface area contributed by atoms with Gasteiger partial charge in [-0.15, -0.1) is 0 Å². The van der Waals surface area contributed by atoms with Crippen LogP contribution in [0.1, 0.15) is 18.4 Å². The van der Waals surface area contributed by atoms with Crippen LogP contribution in [0.15, 0.2) is 24.3 Å². The van der Waals surface area contributed by atoms with Gasteiger partial charge in [0.1, 0.15) is 5.82 Å². The first-order chi connectivity index (χ1) is 6.72. The van der Waals surface area contributed by atoms with E-state index in [9.17, 15) is 9.50 Å². The molecule has 3 heteroatoms. The number of halogens is 1. The molecule has 0 fully saturated rings. The van der Waals surface area contributed by atoms with Gasteiger partial charge < -0.3 is 10.8 Å². The molecule has 0 aliphatic heterocycles. The molecule has 0 heterocycles. The van der Waals surface area contributed by atoms with Crippen LogP contribution in [0.3, 0.4) is 0 Å². The Balaban J connectivity index is 2.28. The molecule has 1 rings (SSSR count). The summed E-state index contributed by atoms with van der Waals surface area (Å²) in [5.41, 5.74) is 6.36. The van der Waals surface area contributed by atoms with Gasteiger partial charge in [0.05, 0.1) is 6.10 Å². The lowest BCUT2D eigenvalue weighted by atomic mass is 10.1. The second-order valence-electron chi connectivity index (χ2n) is 3.41. The third kappa shape index (κ3) is 3.85. The summed E-state index contributed by atoms with van der Waals surface area (Å²) in [6.45, 7) is 0.309. The van der Waals surface area contributed by atoms with Crippen molar-refractivity contribution in [2.24, 2.45) is 5.73 Å². The molecule has 3 N–H and O–H groups in total. The van der Waals surface area contributed by atoms with Gasteiger partial charge in [0.25, 0.3) is 0 Å². The Kier molecular flexibility index (Phi) is 4.56. The normalized spacial score (nSPS) is 12.8. The molecule has 1 unspecified atom stereocenters. The van der Waals surface area contributed by atoms with Gasteiger partial charge in [-0.2, -0.15) is 0 Å². The smallest absolute Gasteiger partial charge is 0.123 e. The van der Waals surface area contributed by atoms with Gasteiger partial charge in [-0.05, 0) is 37.0 Å². The minimum absolute atomic E-state index is 0.212. The van der Waals surface area contributed by atoms with Gasteiger partial charge in [0, 0.05) is 6.54 Å². The fourth-order valence-corrected chi connectivity index (χ4v) is 1.31. The standard InChI is InChI=1S/C11H16FNO/c12-10-6-4-9(5-7-10)2-1-3-11(14)8-13/h4-7,11,14H,1-3,8,13H2. The highest BCUT2D eigenvalue weighted by Gasteiger charge is 2.00. The van der Waals surface area contributed by atoms with E-state index >= 15 is 0 Å².